The first-order valence-corrected chi connectivity index (χ1v) is 6.01. The maximum atomic E-state index is 12.7. The molecule has 0 aliphatic rings. The van der Waals surface area contributed by atoms with E-state index in [1.165, 1.54) is 5.38 Å². The normalized spacial score (nSPS) is 17.8. The van der Waals surface area contributed by atoms with E-state index in [0.717, 1.165) is 18.3 Å². The molecule has 2 atom stereocenters. The van der Waals surface area contributed by atoms with E-state index in [0.29, 0.717) is 11.6 Å². The molecule has 0 amide bonds. The van der Waals surface area contributed by atoms with E-state index in [-0.39, 0.29) is 11.8 Å². The van der Waals surface area contributed by atoms with Gasteiger partial charge < -0.3 is 10.5 Å². The Kier molecular flexibility index (Phi) is 4.16. The lowest BCUT2D eigenvalue weighted by atomic mass is 10.00. The van der Waals surface area contributed by atoms with Crippen LogP contribution in [0.1, 0.15) is 37.6 Å². The van der Waals surface area contributed by atoms with Gasteiger partial charge in [-0.15, -0.1) is 11.3 Å². The van der Waals surface area contributed by atoms with Crippen LogP contribution in [0.5, 0.6) is 0 Å². The molecule has 0 bridgehead atoms. The quantitative estimate of drug-likeness (QED) is 0.913. The zero-order chi connectivity index (χ0) is 13.3. The molecule has 1 rings (SSSR count). The summed E-state index contributed by atoms with van der Waals surface area (Å²) in [6, 6.07) is 0. The van der Waals surface area contributed by atoms with Crippen molar-refractivity contribution < 1.29 is 17.9 Å². The third-order valence-corrected chi connectivity index (χ3v) is 3.41. The predicted molar refractivity (Wildman–Crippen MR) is 59.7 cm³/mol. The highest BCUT2D eigenvalue weighted by Crippen LogP contribution is 2.37. The van der Waals surface area contributed by atoms with Crippen LogP contribution in [0.2, 0.25) is 0 Å². The molecule has 17 heavy (non-hydrogen) atoms. The molecule has 3 nitrogen and oxygen atoms in total. The highest BCUT2D eigenvalue weighted by molar-refractivity contribution is 7.09. The second kappa shape index (κ2) is 4.91. The Labute approximate surface area is 102 Å². The molecule has 0 saturated carbocycles. The van der Waals surface area contributed by atoms with E-state index in [9.17, 15) is 13.2 Å². The zero-order valence-electron chi connectivity index (χ0n) is 9.84. The largest absolute Gasteiger partial charge is 0.411 e. The minimum absolute atomic E-state index is 0.170. The minimum atomic E-state index is -4.52. The van der Waals surface area contributed by atoms with Gasteiger partial charge in [-0.2, -0.15) is 13.2 Å². The summed E-state index contributed by atoms with van der Waals surface area (Å²) in [5.74, 6) is 0. The first-order valence-electron chi connectivity index (χ1n) is 5.13. The Morgan fingerprint density at radius 2 is 2.12 bits per heavy atom. The second-order valence-corrected chi connectivity index (χ2v) is 4.76. The van der Waals surface area contributed by atoms with Crippen molar-refractivity contribution >= 4 is 11.3 Å². The third kappa shape index (κ3) is 2.97. The predicted octanol–water partition coefficient (Wildman–Crippen LogP) is 2.98. The van der Waals surface area contributed by atoms with Crippen LogP contribution in [0.15, 0.2) is 5.38 Å². The molecule has 2 N–H and O–H groups in total. The molecule has 98 valence electrons. The van der Waals surface area contributed by atoms with Crippen molar-refractivity contribution in [1.29, 1.82) is 0 Å². The molecular weight excluding hydrogens is 253 g/mol. The summed E-state index contributed by atoms with van der Waals surface area (Å²) in [6.45, 7) is 4.95. The van der Waals surface area contributed by atoms with Crippen LogP contribution in [0.4, 0.5) is 13.2 Å². The number of halogens is 3. The minimum Gasteiger partial charge on any atom is -0.372 e. The van der Waals surface area contributed by atoms with Gasteiger partial charge in [0.15, 0.2) is 5.54 Å². The highest BCUT2D eigenvalue weighted by atomic mass is 32.1. The van der Waals surface area contributed by atoms with E-state index in [1.807, 2.05) is 6.92 Å². The summed E-state index contributed by atoms with van der Waals surface area (Å²) in [6.07, 6.45) is -4.84. The van der Waals surface area contributed by atoms with Crippen LogP contribution in [0, 0.1) is 0 Å². The van der Waals surface area contributed by atoms with Gasteiger partial charge in [-0.25, -0.2) is 4.98 Å². The van der Waals surface area contributed by atoms with Crippen molar-refractivity contribution in [2.75, 3.05) is 6.61 Å². The Morgan fingerprint density at radius 1 is 1.53 bits per heavy atom. The van der Waals surface area contributed by atoms with E-state index in [1.54, 1.807) is 6.92 Å². The number of alkyl halides is 3. The summed E-state index contributed by atoms with van der Waals surface area (Å²) in [5.41, 5.74) is 2.69. The fourth-order valence-electron chi connectivity index (χ4n) is 1.18. The third-order valence-electron chi connectivity index (χ3n) is 2.41. The molecule has 2 unspecified atom stereocenters. The number of thiazole rings is 1. The number of aromatic nitrogens is 1. The Morgan fingerprint density at radius 3 is 2.59 bits per heavy atom. The standard InChI is InChI=1S/C10H15F3N2OS/c1-4-16-6(2)8-15-7(5-17-8)9(3,14)10(11,12)13/h5-6H,4,14H2,1-3H3. The van der Waals surface area contributed by atoms with E-state index in [2.05, 4.69) is 4.98 Å². The average molecular weight is 268 g/mol. The average Bonchev–Trinajstić information content (AvgIpc) is 2.65. The highest BCUT2D eigenvalue weighted by Gasteiger charge is 2.51. The number of nitrogens with two attached hydrogens (primary N) is 1. The molecule has 0 radical (unpaired) electrons. The van der Waals surface area contributed by atoms with Gasteiger partial charge in [0.05, 0.1) is 5.69 Å². The van der Waals surface area contributed by atoms with Gasteiger partial charge in [0.2, 0.25) is 0 Å². The van der Waals surface area contributed by atoms with Crippen molar-refractivity contribution in [3.63, 3.8) is 0 Å². The molecule has 1 aromatic heterocycles. The van der Waals surface area contributed by atoms with Crippen LogP contribution in [-0.2, 0) is 10.3 Å². The first kappa shape index (κ1) is 14.4. The lowest BCUT2D eigenvalue weighted by molar-refractivity contribution is -0.185. The molecule has 0 spiro atoms. The number of rotatable bonds is 4. The number of nitrogens with zero attached hydrogens (tertiary/aromatic N) is 1. The summed E-state index contributed by atoms with van der Waals surface area (Å²) >= 11 is 1.12. The number of hydrogen-bond acceptors (Lipinski definition) is 4. The van der Waals surface area contributed by atoms with Crippen LogP contribution in [0.25, 0.3) is 0 Å². The van der Waals surface area contributed by atoms with E-state index < -0.39 is 11.7 Å². The molecule has 0 saturated heterocycles. The van der Waals surface area contributed by atoms with Gasteiger partial charge in [-0.05, 0) is 20.8 Å². The lowest BCUT2D eigenvalue weighted by Crippen LogP contribution is -2.48. The SMILES string of the molecule is CCOC(C)c1nc(C(C)(N)C(F)(F)F)cs1. The van der Waals surface area contributed by atoms with Crippen molar-refractivity contribution in [2.45, 2.75) is 38.6 Å². The molecule has 1 aromatic rings. The van der Waals surface area contributed by atoms with E-state index >= 15 is 0 Å². The zero-order valence-corrected chi connectivity index (χ0v) is 10.7. The van der Waals surface area contributed by atoms with Gasteiger partial charge in [0.1, 0.15) is 11.1 Å². The fourth-order valence-corrected chi connectivity index (χ4v) is 2.12. The van der Waals surface area contributed by atoms with Crippen LogP contribution < -0.4 is 5.73 Å². The van der Waals surface area contributed by atoms with Crippen LogP contribution >= 0.6 is 11.3 Å². The smallest absolute Gasteiger partial charge is 0.372 e. The second-order valence-electron chi connectivity index (χ2n) is 3.87. The summed E-state index contributed by atoms with van der Waals surface area (Å²) in [7, 11) is 0. The molecule has 0 aromatic carbocycles. The fraction of sp³-hybridized carbons (Fsp3) is 0.700. The number of hydrogen-bond donors (Lipinski definition) is 1. The summed E-state index contributed by atoms with van der Waals surface area (Å²) in [4.78, 5) is 3.92. The van der Waals surface area contributed by atoms with Gasteiger partial charge in [0.25, 0.3) is 0 Å². The summed E-state index contributed by atoms with van der Waals surface area (Å²) < 4.78 is 43.3. The Hall–Kier alpha value is -0.660. The van der Waals surface area contributed by atoms with Crippen LogP contribution in [-0.4, -0.2) is 17.8 Å². The molecule has 7 heteroatoms. The van der Waals surface area contributed by atoms with E-state index in [4.69, 9.17) is 10.5 Å². The monoisotopic (exact) mass is 268 g/mol. The van der Waals surface area contributed by atoms with Crippen molar-refractivity contribution in [3.05, 3.63) is 16.1 Å². The van der Waals surface area contributed by atoms with Gasteiger partial charge in [0, 0.05) is 12.0 Å². The van der Waals surface area contributed by atoms with Gasteiger partial charge in [-0.3, -0.25) is 0 Å². The van der Waals surface area contributed by atoms with Gasteiger partial charge >= 0.3 is 6.18 Å². The molecule has 0 aliphatic carbocycles. The van der Waals surface area contributed by atoms with Crippen molar-refractivity contribution in [2.24, 2.45) is 5.73 Å². The first-order chi connectivity index (χ1) is 7.70. The summed E-state index contributed by atoms with van der Waals surface area (Å²) in [5, 5.41) is 1.83. The lowest BCUT2D eigenvalue weighted by Gasteiger charge is -2.25. The molecule has 0 aliphatic heterocycles. The topological polar surface area (TPSA) is 48.1 Å². The Bertz CT molecular complexity index is 376. The molecule has 0 fully saturated rings. The molecular formula is C10H15F3N2OS. The number of ether oxygens (including phenoxy) is 1. The maximum absolute atomic E-state index is 12.7. The molecule has 1 heterocycles. The van der Waals surface area contributed by atoms with Crippen LogP contribution in [0.3, 0.4) is 0 Å². The van der Waals surface area contributed by atoms with Crippen molar-refractivity contribution in [1.82, 2.24) is 4.98 Å². The van der Waals surface area contributed by atoms with Crippen molar-refractivity contribution in [3.8, 4) is 0 Å². The maximum Gasteiger partial charge on any atom is 0.411 e. The Balaban J connectivity index is 2.95. The van der Waals surface area contributed by atoms with Gasteiger partial charge in [-0.1, -0.05) is 0 Å².